The molecule has 132 valence electrons. The largest absolute Gasteiger partial charge is 0.489 e. The number of likely N-dealkylation sites (N-methyl/N-ethyl adjacent to an activating group) is 1. The zero-order valence-corrected chi connectivity index (χ0v) is 15.0. The lowest BCUT2D eigenvalue weighted by Crippen LogP contribution is -2.27. The fraction of sp³-hybridized carbons (Fsp3) is 0.174. The zero-order valence-electron chi connectivity index (χ0n) is 15.0. The van der Waals surface area contributed by atoms with Crippen molar-refractivity contribution in [2.24, 2.45) is 0 Å². The van der Waals surface area contributed by atoms with Crippen molar-refractivity contribution in [3.8, 4) is 5.75 Å². The summed E-state index contributed by atoms with van der Waals surface area (Å²) < 4.78 is 5.80. The monoisotopic (exact) mass is 345 g/mol. The lowest BCUT2D eigenvalue weighted by Gasteiger charge is -2.17. The van der Waals surface area contributed by atoms with Crippen molar-refractivity contribution in [3.63, 3.8) is 0 Å². The van der Waals surface area contributed by atoms with Gasteiger partial charge in [0.2, 0.25) is 5.91 Å². The number of ether oxygens (including phenoxy) is 1. The third kappa shape index (κ3) is 5.21. The van der Waals surface area contributed by atoms with Crippen LogP contribution in [0.4, 0.5) is 0 Å². The number of carbonyl (C=O) groups is 1. The first kappa shape index (κ1) is 17.7. The summed E-state index contributed by atoms with van der Waals surface area (Å²) in [6.45, 7) is 1.14. The molecule has 0 aliphatic rings. The van der Waals surface area contributed by atoms with Gasteiger partial charge in [-0.2, -0.15) is 0 Å². The maximum absolute atomic E-state index is 12.3. The molecule has 3 aromatic carbocycles. The van der Waals surface area contributed by atoms with E-state index < -0.39 is 0 Å². The van der Waals surface area contributed by atoms with E-state index in [1.54, 1.807) is 4.90 Å². The summed E-state index contributed by atoms with van der Waals surface area (Å²) >= 11 is 0. The SMILES string of the molecule is CN(Cc1ccc(OCc2ccccc2)cc1)C(=O)Cc1ccccc1. The Morgan fingerprint density at radius 1 is 0.769 bits per heavy atom. The number of hydrogen-bond acceptors (Lipinski definition) is 2. The predicted octanol–water partition coefficient (Wildman–Crippen LogP) is 4.47. The number of carbonyl (C=O) groups excluding carboxylic acids is 1. The number of rotatable bonds is 7. The first-order valence-electron chi connectivity index (χ1n) is 8.74. The molecule has 0 fully saturated rings. The molecule has 3 heteroatoms. The van der Waals surface area contributed by atoms with E-state index in [1.165, 1.54) is 0 Å². The minimum Gasteiger partial charge on any atom is -0.489 e. The molecule has 0 aliphatic carbocycles. The quantitative estimate of drug-likeness (QED) is 0.632. The van der Waals surface area contributed by atoms with Crippen LogP contribution in [0.15, 0.2) is 84.9 Å². The molecule has 0 radical (unpaired) electrons. The molecule has 0 saturated carbocycles. The van der Waals surface area contributed by atoms with E-state index in [1.807, 2.05) is 92.0 Å². The van der Waals surface area contributed by atoms with Crippen molar-refractivity contribution in [3.05, 3.63) is 102 Å². The highest BCUT2D eigenvalue weighted by Gasteiger charge is 2.10. The fourth-order valence-corrected chi connectivity index (χ4v) is 2.70. The van der Waals surface area contributed by atoms with Crippen LogP contribution in [-0.4, -0.2) is 17.9 Å². The molecule has 0 heterocycles. The number of benzene rings is 3. The Hall–Kier alpha value is -3.07. The summed E-state index contributed by atoms with van der Waals surface area (Å²) in [7, 11) is 1.84. The van der Waals surface area contributed by atoms with Gasteiger partial charge >= 0.3 is 0 Å². The fourth-order valence-electron chi connectivity index (χ4n) is 2.70. The minimum absolute atomic E-state index is 0.112. The lowest BCUT2D eigenvalue weighted by atomic mass is 10.1. The number of hydrogen-bond donors (Lipinski definition) is 0. The van der Waals surface area contributed by atoms with Crippen molar-refractivity contribution in [2.45, 2.75) is 19.6 Å². The average Bonchev–Trinajstić information content (AvgIpc) is 2.69. The van der Waals surface area contributed by atoms with Gasteiger partial charge in [-0.15, -0.1) is 0 Å². The topological polar surface area (TPSA) is 29.5 Å². The molecular weight excluding hydrogens is 322 g/mol. The Morgan fingerprint density at radius 3 is 1.96 bits per heavy atom. The Kier molecular flexibility index (Phi) is 6.05. The third-order valence-corrected chi connectivity index (χ3v) is 4.22. The van der Waals surface area contributed by atoms with Gasteiger partial charge in [-0.25, -0.2) is 0 Å². The number of nitrogens with zero attached hydrogens (tertiary/aromatic N) is 1. The summed E-state index contributed by atoms with van der Waals surface area (Å²) in [6, 6.07) is 27.8. The molecule has 0 saturated heterocycles. The van der Waals surface area contributed by atoms with Crippen LogP contribution >= 0.6 is 0 Å². The van der Waals surface area contributed by atoms with Crippen LogP contribution in [0.25, 0.3) is 0 Å². The normalized spacial score (nSPS) is 10.3. The van der Waals surface area contributed by atoms with Crippen LogP contribution < -0.4 is 4.74 Å². The van der Waals surface area contributed by atoms with Crippen LogP contribution in [0.3, 0.4) is 0 Å². The average molecular weight is 345 g/mol. The standard InChI is InChI=1S/C23H23NO2/c1-24(23(25)16-19-8-4-2-5-9-19)17-20-12-14-22(15-13-20)26-18-21-10-6-3-7-11-21/h2-15H,16-18H2,1H3. The molecule has 0 aromatic heterocycles. The van der Waals surface area contributed by atoms with E-state index in [0.29, 0.717) is 19.6 Å². The van der Waals surface area contributed by atoms with E-state index in [9.17, 15) is 4.79 Å². The molecule has 3 nitrogen and oxygen atoms in total. The van der Waals surface area contributed by atoms with Gasteiger partial charge in [0.25, 0.3) is 0 Å². The molecule has 3 aromatic rings. The second-order valence-electron chi connectivity index (χ2n) is 6.33. The van der Waals surface area contributed by atoms with E-state index in [2.05, 4.69) is 0 Å². The van der Waals surface area contributed by atoms with Gasteiger partial charge in [0, 0.05) is 13.6 Å². The van der Waals surface area contributed by atoms with Gasteiger partial charge in [0.1, 0.15) is 12.4 Å². The summed E-state index contributed by atoms with van der Waals surface area (Å²) in [6.07, 6.45) is 0.426. The highest BCUT2D eigenvalue weighted by Crippen LogP contribution is 2.15. The Morgan fingerprint density at radius 2 is 1.35 bits per heavy atom. The molecule has 0 unspecified atom stereocenters. The summed E-state index contributed by atoms with van der Waals surface area (Å²) in [5.41, 5.74) is 3.26. The molecule has 0 N–H and O–H groups in total. The summed E-state index contributed by atoms with van der Waals surface area (Å²) in [5.74, 6) is 0.941. The Bertz CT molecular complexity index is 814. The summed E-state index contributed by atoms with van der Waals surface area (Å²) in [4.78, 5) is 14.1. The van der Waals surface area contributed by atoms with Crippen LogP contribution in [0.1, 0.15) is 16.7 Å². The highest BCUT2D eigenvalue weighted by molar-refractivity contribution is 5.78. The van der Waals surface area contributed by atoms with Gasteiger partial charge in [-0.1, -0.05) is 72.8 Å². The summed E-state index contributed by atoms with van der Waals surface area (Å²) in [5, 5.41) is 0. The van der Waals surface area contributed by atoms with Gasteiger partial charge in [-0.3, -0.25) is 4.79 Å². The van der Waals surface area contributed by atoms with Gasteiger partial charge in [-0.05, 0) is 28.8 Å². The van der Waals surface area contributed by atoms with Crippen LogP contribution in [-0.2, 0) is 24.4 Å². The molecule has 1 amide bonds. The van der Waals surface area contributed by atoms with Crippen molar-refractivity contribution >= 4 is 5.91 Å². The van der Waals surface area contributed by atoms with Gasteiger partial charge in [0.15, 0.2) is 0 Å². The molecule has 0 bridgehead atoms. The maximum Gasteiger partial charge on any atom is 0.227 e. The predicted molar refractivity (Wildman–Crippen MR) is 104 cm³/mol. The maximum atomic E-state index is 12.3. The first-order valence-corrected chi connectivity index (χ1v) is 8.74. The second-order valence-corrected chi connectivity index (χ2v) is 6.33. The lowest BCUT2D eigenvalue weighted by molar-refractivity contribution is -0.129. The number of amides is 1. The smallest absolute Gasteiger partial charge is 0.227 e. The Labute approximate surface area is 154 Å². The van der Waals surface area contributed by atoms with Crippen molar-refractivity contribution in [1.82, 2.24) is 4.90 Å². The molecule has 3 rings (SSSR count). The van der Waals surface area contributed by atoms with E-state index in [4.69, 9.17) is 4.74 Å². The van der Waals surface area contributed by atoms with Gasteiger partial charge < -0.3 is 9.64 Å². The molecule has 0 atom stereocenters. The highest BCUT2D eigenvalue weighted by atomic mass is 16.5. The first-order chi connectivity index (χ1) is 12.7. The molecule has 26 heavy (non-hydrogen) atoms. The van der Waals surface area contributed by atoms with Gasteiger partial charge in [0.05, 0.1) is 6.42 Å². The van der Waals surface area contributed by atoms with Crippen LogP contribution in [0.2, 0.25) is 0 Å². The van der Waals surface area contributed by atoms with Crippen LogP contribution in [0, 0.1) is 0 Å². The molecule has 0 spiro atoms. The molecule has 0 aliphatic heterocycles. The second kappa shape index (κ2) is 8.86. The van der Waals surface area contributed by atoms with Crippen molar-refractivity contribution in [1.29, 1.82) is 0 Å². The van der Waals surface area contributed by atoms with Crippen molar-refractivity contribution < 1.29 is 9.53 Å². The minimum atomic E-state index is 0.112. The Balaban J connectivity index is 1.51. The van der Waals surface area contributed by atoms with E-state index in [0.717, 1.165) is 22.4 Å². The van der Waals surface area contributed by atoms with E-state index >= 15 is 0 Å². The van der Waals surface area contributed by atoms with Crippen molar-refractivity contribution in [2.75, 3.05) is 7.05 Å². The molecular formula is C23H23NO2. The van der Waals surface area contributed by atoms with E-state index in [-0.39, 0.29) is 5.91 Å². The third-order valence-electron chi connectivity index (χ3n) is 4.22. The van der Waals surface area contributed by atoms with Crippen LogP contribution in [0.5, 0.6) is 5.75 Å². The zero-order chi connectivity index (χ0) is 18.2.